The molecule has 2 heterocycles. The summed E-state index contributed by atoms with van der Waals surface area (Å²) < 4.78 is 7.34. The summed E-state index contributed by atoms with van der Waals surface area (Å²) in [4.78, 5) is 4.22. The Bertz CT molecular complexity index is 509. The maximum Gasteiger partial charge on any atom is 0.237 e. The van der Waals surface area contributed by atoms with Crippen LogP contribution in [0.2, 0.25) is 0 Å². The molecule has 0 bridgehead atoms. The van der Waals surface area contributed by atoms with E-state index in [9.17, 15) is 0 Å². The van der Waals surface area contributed by atoms with Crippen molar-refractivity contribution in [3.05, 3.63) is 36.3 Å². The fourth-order valence-corrected chi connectivity index (χ4v) is 1.87. The van der Waals surface area contributed by atoms with Crippen molar-refractivity contribution in [2.45, 2.75) is 19.9 Å². The van der Waals surface area contributed by atoms with E-state index < -0.39 is 0 Å². The third kappa shape index (κ3) is 2.61. The Morgan fingerprint density at radius 1 is 1.39 bits per heavy atom. The number of pyridine rings is 1. The van der Waals surface area contributed by atoms with Crippen molar-refractivity contribution in [1.82, 2.24) is 14.8 Å². The highest BCUT2D eigenvalue weighted by atomic mass is 16.5. The number of nitrogens with one attached hydrogen (secondary N) is 1. The van der Waals surface area contributed by atoms with Gasteiger partial charge in [-0.05, 0) is 32.0 Å². The Labute approximate surface area is 107 Å². The van der Waals surface area contributed by atoms with Gasteiger partial charge in [-0.2, -0.15) is 5.10 Å². The van der Waals surface area contributed by atoms with Crippen LogP contribution in [0.3, 0.4) is 0 Å². The fraction of sp³-hybridized carbons (Fsp3) is 0.385. The molecule has 0 fully saturated rings. The zero-order valence-electron chi connectivity index (χ0n) is 10.9. The number of rotatable bonds is 5. The smallest absolute Gasteiger partial charge is 0.237 e. The standard InChI is InChI=1S/C13H18N4O/c1-4-18-13-11(6-5-8-14-13)16-10(2)12-7-9-15-17(12)3/h5-10,16H,4H2,1-3H3. The van der Waals surface area contributed by atoms with Crippen LogP contribution in [0.1, 0.15) is 25.6 Å². The number of aryl methyl sites for hydroxylation is 1. The molecule has 18 heavy (non-hydrogen) atoms. The zero-order valence-corrected chi connectivity index (χ0v) is 10.9. The number of hydrogen-bond donors (Lipinski definition) is 1. The molecule has 96 valence electrons. The van der Waals surface area contributed by atoms with E-state index in [1.54, 1.807) is 12.4 Å². The van der Waals surface area contributed by atoms with E-state index in [0.29, 0.717) is 12.5 Å². The highest BCUT2D eigenvalue weighted by Crippen LogP contribution is 2.25. The Morgan fingerprint density at radius 3 is 2.89 bits per heavy atom. The SMILES string of the molecule is CCOc1ncccc1NC(C)c1ccnn1C. The Morgan fingerprint density at radius 2 is 2.22 bits per heavy atom. The molecule has 0 aliphatic heterocycles. The second-order valence-corrected chi connectivity index (χ2v) is 4.03. The molecule has 0 amide bonds. The van der Waals surface area contributed by atoms with Crippen molar-refractivity contribution in [1.29, 1.82) is 0 Å². The van der Waals surface area contributed by atoms with Crippen LogP contribution in [-0.2, 0) is 7.05 Å². The van der Waals surface area contributed by atoms with Crippen LogP contribution in [0.25, 0.3) is 0 Å². The molecule has 0 spiro atoms. The maximum atomic E-state index is 5.49. The summed E-state index contributed by atoms with van der Waals surface area (Å²) in [6, 6.07) is 5.99. The normalized spacial score (nSPS) is 12.2. The molecule has 2 aromatic rings. The minimum atomic E-state index is 0.140. The first kappa shape index (κ1) is 12.4. The first-order valence-corrected chi connectivity index (χ1v) is 6.04. The summed E-state index contributed by atoms with van der Waals surface area (Å²) in [6.45, 7) is 4.63. The van der Waals surface area contributed by atoms with E-state index in [-0.39, 0.29) is 6.04 Å². The van der Waals surface area contributed by atoms with Gasteiger partial charge in [-0.15, -0.1) is 0 Å². The number of anilines is 1. The minimum absolute atomic E-state index is 0.140. The molecule has 1 N–H and O–H groups in total. The van der Waals surface area contributed by atoms with Crippen molar-refractivity contribution < 1.29 is 4.74 Å². The number of nitrogens with zero attached hydrogens (tertiary/aromatic N) is 3. The van der Waals surface area contributed by atoms with Gasteiger partial charge in [0.1, 0.15) is 0 Å². The van der Waals surface area contributed by atoms with Gasteiger partial charge < -0.3 is 10.1 Å². The molecule has 0 saturated carbocycles. The summed E-state index contributed by atoms with van der Waals surface area (Å²) in [7, 11) is 1.93. The van der Waals surface area contributed by atoms with Gasteiger partial charge in [-0.3, -0.25) is 4.68 Å². The van der Waals surface area contributed by atoms with Gasteiger partial charge in [-0.1, -0.05) is 0 Å². The van der Waals surface area contributed by atoms with Crippen LogP contribution in [0.15, 0.2) is 30.6 Å². The molecule has 0 aromatic carbocycles. The van der Waals surface area contributed by atoms with Crippen molar-refractivity contribution in [3.8, 4) is 5.88 Å². The third-order valence-electron chi connectivity index (χ3n) is 2.73. The predicted molar refractivity (Wildman–Crippen MR) is 70.7 cm³/mol. The quantitative estimate of drug-likeness (QED) is 0.880. The molecule has 0 aliphatic carbocycles. The van der Waals surface area contributed by atoms with Gasteiger partial charge in [-0.25, -0.2) is 4.98 Å². The average molecular weight is 246 g/mol. The van der Waals surface area contributed by atoms with Crippen molar-refractivity contribution >= 4 is 5.69 Å². The predicted octanol–water partition coefficient (Wildman–Crippen LogP) is 2.39. The van der Waals surface area contributed by atoms with E-state index >= 15 is 0 Å². The van der Waals surface area contributed by atoms with Crippen LogP contribution in [-0.4, -0.2) is 21.4 Å². The summed E-state index contributed by atoms with van der Waals surface area (Å²) in [5, 5.41) is 7.56. The van der Waals surface area contributed by atoms with Gasteiger partial charge in [0.15, 0.2) is 0 Å². The number of ether oxygens (including phenoxy) is 1. The molecule has 2 rings (SSSR count). The molecular weight excluding hydrogens is 228 g/mol. The highest BCUT2D eigenvalue weighted by molar-refractivity contribution is 5.53. The van der Waals surface area contributed by atoms with Crippen molar-refractivity contribution in [3.63, 3.8) is 0 Å². The van der Waals surface area contributed by atoms with Gasteiger partial charge in [0.25, 0.3) is 0 Å². The highest BCUT2D eigenvalue weighted by Gasteiger charge is 2.12. The van der Waals surface area contributed by atoms with Crippen molar-refractivity contribution in [2.24, 2.45) is 7.05 Å². The van der Waals surface area contributed by atoms with Gasteiger partial charge >= 0.3 is 0 Å². The molecule has 5 heteroatoms. The monoisotopic (exact) mass is 246 g/mol. The van der Waals surface area contributed by atoms with E-state index in [0.717, 1.165) is 11.4 Å². The number of hydrogen-bond acceptors (Lipinski definition) is 4. The van der Waals surface area contributed by atoms with Crippen LogP contribution < -0.4 is 10.1 Å². The Balaban J connectivity index is 2.16. The maximum absolute atomic E-state index is 5.49. The van der Waals surface area contributed by atoms with Gasteiger partial charge in [0.05, 0.1) is 24.0 Å². The lowest BCUT2D eigenvalue weighted by atomic mass is 10.2. The van der Waals surface area contributed by atoms with E-state index in [1.165, 1.54) is 0 Å². The Kier molecular flexibility index (Phi) is 3.82. The van der Waals surface area contributed by atoms with Gasteiger partial charge in [0.2, 0.25) is 5.88 Å². The first-order chi connectivity index (χ1) is 8.72. The second-order valence-electron chi connectivity index (χ2n) is 4.03. The van der Waals surface area contributed by atoms with E-state index in [4.69, 9.17) is 4.74 Å². The van der Waals surface area contributed by atoms with E-state index in [2.05, 4.69) is 22.3 Å². The number of aromatic nitrogens is 3. The zero-order chi connectivity index (χ0) is 13.0. The van der Waals surface area contributed by atoms with Crippen LogP contribution in [0.5, 0.6) is 5.88 Å². The van der Waals surface area contributed by atoms with Crippen LogP contribution in [0, 0.1) is 0 Å². The summed E-state index contributed by atoms with van der Waals surface area (Å²) in [5.74, 6) is 0.633. The minimum Gasteiger partial charge on any atom is -0.476 e. The second kappa shape index (κ2) is 5.53. The largest absolute Gasteiger partial charge is 0.476 e. The van der Waals surface area contributed by atoms with Gasteiger partial charge in [0, 0.05) is 19.4 Å². The Hall–Kier alpha value is -2.04. The summed E-state index contributed by atoms with van der Waals surface area (Å²) in [6.07, 6.45) is 3.52. The van der Waals surface area contributed by atoms with E-state index in [1.807, 2.05) is 36.9 Å². The third-order valence-corrected chi connectivity index (χ3v) is 2.73. The molecule has 0 saturated heterocycles. The molecular formula is C13H18N4O. The average Bonchev–Trinajstić information content (AvgIpc) is 2.78. The fourth-order valence-electron chi connectivity index (χ4n) is 1.87. The molecule has 5 nitrogen and oxygen atoms in total. The molecule has 1 atom stereocenters. The lowest BCUT2D eigenvalue weighted by Crippen LogP contribution is -2.12. The first-order valence-electron chi connectivity index (χ1n) is 6.04. The van der Waals surface area contributed by atoms with Crippen LogP contribution in [0.4, 0.5) is 5.69 Å². The van der Waals surface area contributed by atoms with Crippen molar-refractivity contribution in [2.75, 3.05) is 11.9 Å². The summed E-state index contributed by atoms with van der Waals surface area (Å²) >= 11 is 0. The molecule has 0 aliphatic rings. The topological polar surface area (TPSA) is 52.0 Å². The molecule has 0 radical (unpaired) electrons. The molecule has 1 unspecified atom stereocenters. The summed E-state index contributed by atoms with van der Waals surface area (Å²) in [5.41, 5.74) is 2.01. The lowest BCUT2D eigenvalue weighted by molar-refractivity contribution is 0.328. The molecule has 2 aromatic heterocycles. The van der Waals surface area contributed by atoms with Crippen LogP contribution >= 0.6 is 0 Å². The lowest BCUT2D eigenvalue weighted by Gasteiger charge is -2.17.